The third-order valence-corrected chi connectivity index (χ3v) is 4.74. The summed E-state index contributed by atoms with van der Waals surface area (Å²) in [7, 11) is 1.61. The summed E-state index contributed by atoms with van der Waals surface area (Å²) in [6.07, 6.45) is 1.18. The molecule has 0 unspecified atom stereocenters. The Labute approximate surface area is 163 Å². The average Bonchev–Trinajstić information content (AvgIpc) is 3.23. The van der Waals surface area contributed by atoms with E-state index in [1.54, 1.807) is 18.3 Å². The van der Waals surface area contributed by atoms with Gasteiger partial charge in [-0.05, 0) is 37.3 Å². The molecule has 3 aromatic rings. The number of carbonyl (C=O) groups excluding carboxylic acids is 1. The molecule has 0 radical (unpaired) electrons. The zero-order chi connectivity index (χ0) is 19.5. The van der Waals surface area contributed by atoms with E-state index in [0.717, 1.165) is 11.3 Å². The highest BCUT2D eigenvalue weighted by molar-refractivity contribution is 6.01. The summed E-state index contributed by atoms with van der Waals surface area (Å²) in [4.78, 5) is 15.1. The van der Waals surface area contributed by atoms with Gasteiger partial charge in [-0.2, -0.15) is 0 Å². The maximum Gasteiger partial charge on any atom is 0.258 e. The van der Waals surface area contributed by atoms with Gasteiger partial charge in [-0.3, -0.25) is 4.79 Å². The lowest BCUT2D eigenvalue weighted by Gasteiger charge is -2.38. The van der Waals surface area contributed by atoms with Gasteiger partial charge in [-0.25, -0.2) is 0 Å². The van der Waals surface area contributed by atoms with Gasteiger partial charge >= 0.3 is 0 Å². The number of methoxy groups -OCH3 is 1. The van der Waals surface area contributed by atoms with Gasteiger partial charge in [0.25, 0.3) is 5.91 Å². The van der Waals surface area contributed by atoms with Gasteiger partial charge in [-0.1, -0.05) is 24.3 Å². The molecule has 2 aromatic carbocycles. The number of nitrogens with one attached hydrogen (secondary N) is 1. The summed E-state index contributed by atoms with van der Waals surface area (Å²) in [6.45, 7) is 2.78. The van der Waals surface area contributed by atoms with Crippen LogP contribution in [0.3, 0.4) is 0 Å². The molecule has 0 saturated carbocycles. The van der Waals surface area contributed by atoms with Crippen LogP contribution < -0.4 is 14.8 Å². The number of ether oxygens (including phenoxy) is 2. The summed E-state index contributed by atoms with van der Waals surface area (Å²) in [6, 6.07) is 16.9. The Kier molecular flexibility index (Phi) is 4.93. The van der Waals surface area contributed by atoms with Crippen molar-refractivity contribution in [1.82, 2.24) is 4.90 Å². The molecule has 0 fully saturated rings. The number of anilines is 1. The van der Waals surface area contributed by atoms with Crippen LogP contribution in [0.5, 0.6) is 11.5 Å². The molecular weight excluding hydrogens is 356 g/mol. The summed E-state index contributed by atoms with van der Waals surface area (Å²) in [5.41, 5.74) is 2.24. The van der Waals surface area contributed by atoms with E-state index >= 15 is 0 Å². The van der Waals surface area contributed by atoms with Crippen LogP contribution in [0.15, 0.2) is 65.3 Å². The third-order valence-electron chi connectivity index (χ3n) is 4.74. The van der Waals surface area contributed by atoms with E-state index in [2.05, 4.69) is 5.32 Å². The second-order valence-electron chi connectivity index (χ2n) is 6.42. The van der Waals surface area contributed by atoms with Crippen molar-refractivity contribution in [2.75, 3.05) is 19.0 Å². The highest BCUT2D eigenvalue weighted by Crippen LogP contribution is 2.41. The molecule has 6 nitrogen and oxygen atoms in total. The van der Waals surface area contributed by atoms with Gasteiger partial charge in [0.2, 0.25) is 0 Å². The molecule has 2 heterocycles. The van der Waals surface area contributed by atoms with E-state index in [1.165, 1.54) is 0 Å². The van der Waals surface area contributed by atoms with Crippen molar-refractivity contribution >= 4 is 11.6 Å². The Balaban J connectivity index is 1.81. The van der Waals surface area contributed by atoms with Gasteiger partial charge in [-0.15, -0.1) is 0 Å². The quantitative estimate of drug-likeness (QED) is 0.686. The first-order valence-corrected chi connectivity index (χ1v) is 9.21. The van der Waals surface area contributed by atoms with Gasteiger partial charge in [0.05, 0.1) is 32.1 Å². The number of furan rings is 1. The van der Waals surface area contributed by atoms with Crippen LogP contribution in [0.25, 0.3) is 0 Å². The first kappa shape index (κ1) is 18.0. The van der Waals surface area contributed by atoms with Crippen molar-refractivity contribution in [3.63, 3.8) is 0 Å². The Morgan fingerprint density at radius 3 is 2.71 bits per heavy atom. The highest BCUT2D eigenvalue weighted by Gasteiger charge is 2.35. The van der Waals surface area contributed by atoms with Crippen molar-refractivity contribution in [2.24, 2.45) is 0 Å². The first-order chi connectivity index (χ1) is 13.7. The molecule has 1 aromatic heterocycles. The van der Waals surface area contributed by atoms with Crippen molar-refractivity contribution in [2.45, 2.75) is 19.6 Å². The molecule has 4 rings (SSSR count). The van der Waals surface area contributed by atoms with E-state index in [-0.39, 0.29) is 5.91 Å². The van der Waals surface area contributed by atoms with Gasteiger partial charge in [0.1, 0.15) is 11.9 Å². The zero-order valence-electron chi connectivity index (χ0n) is 15.8. The van der Waals surface area contributed by atoms with E-state index < -0.39 is 6.17 Å². The number of benzene rings is 2. The minimum Gasteiger partial charge on any atom is -0.492 e. The molecule has 1 N–H and O–H groups in total. The molecule has 144 valence electrons. The van der Waals surface area contributed by atoms with E-state index in [4.69, 9.17) is 13.9 Å². The van der Waals surface area contributed by atoms with Gasteiger partial charge in [0.15, 0.2) is 11.5 Å². The lowest BCUT2D eigenvalue weighted by atomic mass is 10.0. The minimum atomic E-state index is -0.428. The molecule has 0 bridgehead atoms. The van der Waals surface area contributed by atoms with Crippen LogP contribution in [0, 0.1) is 0 Å². The lowest BCUT2D eigenvalue weighted by molar-refractivity contribution is 0.0649. The summed E-state index contributed by atoms with van der Waals surface area (Å²) < 4.78 is 16.9. The van der Waals surface area contributed by atoms with Crippen molar-refractivity contribution in [3.8, 4) is 11.5 Å². The zero-order valence-corrected chi connectivity index (χ0v) is 15.8. The number of nitrogens with zero attached hydrogens (tertiary/aromatic N) is 1. The predicted octanol–water partition coefficient (Wildman–Crippen LogP) is 4.45. The van der Waals surface area contributed by atoms with Crippen LogP contribution >= 0.6 is 0 Å². The standard InChI is InChI=1S/C22H22N2O4/c1-3-27-19-12-6-10-17(20(19)26-2)21-23-18-11-5-4-9-16(18)22(25)24(21)14-15-8-7-13-28-15/h4-13,21,23H,3,14H2,1-2H3/t21-/m1/s1. The molecule has 28 heavy (non-hydrogen) atoms. The summed E-state index contributed by atoms with van der Waals surface area (Å²) in [5, 5.41) is 3.48. The Bertz CT molecular complexity index is 968. The largest absolute Gasteiger partial charge is 0.492 e. The van der Waals surface area contributed by atoms with Crippen LogP contribution in [-0.4, -0.2) is 24.5 Å². The van der Waals surface area contributed by atoms with Gasteiger partial charge < -0.3 is 24.1 Å². The van der Waals surface area contributed by atoms with Crippen LogP contribution in [0.1, 0.15) is 34.8 Å². The van der Waals surface area contributed by atoms with E-state index in [0.29, 0.717) is 36.0 Å². The van der Waals surface area contributed by atoms with Gasteiger partial charge in [0, 0.05) is 11.3 Å². The highest BCUT2D eigenvalue weighted by atomic mass is 16.5. The fourth-order valence-corrected chi connectivity index (χ4v) is 3.51. The fourth-order valence-electron chi connectivity index (χ4n) is 3.51. The second kappa shape index (κ2) is 7.68. The molecule has 0 aliphatic carbocycles. The minimum absolute atomic E-state index is 0.0698. The van der Waals surface area contributed by atoms with Crippen molar-refractivity contribution in [3.05, 3.63) is 77.7 Å². The maximum atomic E-state index is 13.3. The van der Waals surface area contributed by atoms with Crippen LogP contribution in [0.2, 0.25) is 0 Å². The molecule has 0 saturated heterocycles. The molecular formula is C22H22N2O4. The SMILES string of the molecule is CCOc1cccc([C@@H]2Nc3ccccc3C(=O)N2Cc2ccco2)c1OC. The number of amides is 1. The molecule has 6 heteroatoms. The lowest BCUT2D eigenvalue weighted by Crippen LogP contribution is -2.42. The topological polar surface area (TPSA) is 63.9 Å². The number of rotatable bonds is 6. The smallest absolute Gasteiger partial charge is 0.258 e. The number of hydrogen-bond donors (Lipinski definition) is 1. The maximum absolute atomic E-state index is 13.3. The second-order valence-corrected chi connectivity index (χ2v) is 6.42. The van der Waals surface area contributed by atoms with Crippen molar-refractivity contribution < 1.29 is 18.7 Å². The average molecular weight is 378 g/mol. The summed E-state index contributed by atoms with van der Waals surface area (Å²) in [5.74, 6) is 1.89. The van der Waals surface area contributed by atoms with Crippen molar-refractivity contribution in [1.29, 1.82) is 0 Å². The first-order valence-electron chi connectivity index (χ1n) is 9.21. The number of carbonyl (C=O) groups is 1. The molecule has 1 aliphatic rings. The fraction of sp³-hybridized carbons (Fsp3) is 0.227. The van der Waals surface area contributed by atoms with E-state index in [1.807, 2.05) is 61.5 Å². The monoisotopic (exact) mass is 378 g/mol. The number of fused-ring (bicyclic) bond motifs is 1. The van der Waals surface area contributed by atoms with E-state index in [9.17, 15) is 4.79 Å². The predicted molar refractivity (Wildman–Crippen MR) is 106 cm³/mol. The molecule has 1 aliphatic heterocycles. The molecule has 0 spiro atoms. The Morgan fingerprint density at radius 1 is 1.11 bits per heavy atom. The molecule has 1 amide bonds. The summed E-state index contributed by atoms with van der Waals surface area (Å²) >= 11 is 0. The normalized spacial score (nSPS) is 15.7. The number of para-hydroxylation sites is 2. The molecule has 1 atom stereocenters. The Morgan fingerprint density at radius 2 is 1.96 bits per heavy atom. The van der Waals surface area contributed by atoms with Crippen LogP contribution in [0.4, 0.5) is 5.69 Å². The Hall–Kier alpha value is -3.41. The van der Waals surface area contributed by atoms with Crippen LogP contribution in [-0.2, 0) is 6.54 Å². The third kappa shape index (κ3) is 3.17. The number of hydrogen-bond acceptors (Lipinski definition) is 5.